The van der Waals surface area contributed by atoms with Crippen LogP contribution in [-0.2, 0) is 17.8 Å². The summed E-state index contributed by atoms with van der Waals surface area (Å²) in [5.74, 6) is 0.514. The molecule has 1 aromatic rings. The van der Waals surface area contributed by atoms with Gasteiger partial charge in [0.1, 0.15) is 0 Å². The van der Waals surface area contributed by atoms with Crippen LogP contribution in [0, 0.1) is 5.92 Å². The van der Waals surface area contributed by atoms with Crippen molar-refractivity contribution in [2.75, 3.05) is 32.7 Å². The van der Waals surface area contributed by atoms with Crippen molar-refractivity contribution < 1.29 is 4.79 Å². The molecule has 2 aliphatic rings. The number of carbonyl (C=O) groups excluding carboxylic acids is 1. The fourth-order valence-corrected chi connectivity index (χ4v) is 3.12. The van der Waals surface area contributed by atoms with E-state index in [1.54, 1.807) is 0 Å². The van der Waals surface area contributed by atoms with Crippen LogP contribution in [0.2, 0.25) is 0 Å². The van der Waals surface area contributed by atoms with E-state index in [0.29, 0.717) is 5.91 Å². The van der Waals surface area contributed by atoms with Crippen LogP contribution in [0.15, 0.2) is 12.3 Å². The lowest BCUT2D eigenvalue weighted by molar-refractivity contribution is -0.138. The number of hydrogen-bond donors (Lipinski definition) is 0. The molecule has 0 bridgehead atoms. The molecule has 19 heavy (non-hydrogen) atoms. The third kappa shape index (κ3) is 2.52. The van der Waals surface area contributed by atoms with Crippen molar-refractivity contribution in [2.45, 2.75) is 26.3 Å². The van der Waals surface area contributed by atoms with Gasteiger partial charge in [0.2, 0.25) is 5.91 Å². The molecule has 0 radical (unpaired) electrons. The molecule has 0 N–H and O–H groups in total. The van der Waals surface area contributed by atoms with E-state index in [1.165, 1.54) is 5.69 Å². The highest BCUT2D eigenvalue weighted by atomic mass is 16.2. The second kappa shape index (κ2) is 5.33. The molecule has 5 heteroatoms. The number of aromatic nitrogens is 2. The van der Waals surface area contributed by atoms with Gasteiger partial charge < -0.3 is 9.80 Å². The minimum Gasteiger partial charge on any atom is -0.340 e. The van der Waals surface area contributed by atoms with E-state index in [2.05, 4.69) is 21.8 Å². The number of piperazine rings is 1. The van der Waals surface area contributed by atoms with Crippen LogP contribution in [0.5, 0.6) is 0 Å². The molecule has 0 saturated carbocycles. The maximum Gasteiger partial charge on any atom is 0.226 e. The average Bonchev–Trinajstić information content (AvgIpc) is 2.94. The monoisotopic (exact) mass is 262 g/mol. The Morgan fingerprint density at radius 1 is 1.32 bits per heavy atom. The molecule has 1 fully saturated rings. The van der Waals surface area contributed by atoms with Crippen LogP contribution >= 0.6 is 0 Å². The summed E-state index contributed by atoms with van der Waals surface area (Å²) in [5.41, 5.74) is 1.21. The van der Waals surface area contributed by atoms with E-state index < -0.39 is 0 Å². The van der Waals surface area contributed by atoms with E-state index in [9.17, 15) is 4.79 Å². The van der Waals surface area contributed by atoms with Gasteiger partial charge in [0.15, 0.2) is 0 Å². The molecule has 1 atom stereocenters. The average molecular weight is 262 g/mol. The number of aryl methyl sites for hydroxylation is 1. The van der Waals surface area contributed by atoms with Gasteiger partial charge in [0.25, 0.3) is 0 Å². The molecule has 104 valence electrons. The molecule has 0 aliphatic carbocycles. The SMILES string of the molecule is CCN1CCN(C(=O)C2CCn3nccc3C2)CC1. The van der Waals surface area contributed by atoms with Crippen molar-refractivity contribution in [3.8, 4) is 0 Å². The molecular weight excluding hydrogens is 240 g/mol. The molecular formula is C14H22N4O. The van der Waals surface area contributed by atoms with Crippen molar-refractivity contribution in [1.82, 2.24) is 19.6 Å². The van der Waals surface area contributed by atoms with E-state index in [-0.39, 0.29) is 5.92 Å². The third-order valence-electron chi connectivity index (χ3n) is 4.43. The first-order valence-corrected chi connectivity index (χ1v) is 7.29. The zero-order valence-electron chi connectivity index (χ0n) is 11.6. The lowest BCUT2D eigenvalue weighted by atomic mass is 9.94. The van der Waals surface area contributed by atoms with Gasteiger partial charge in [-0.25, -0.2) is 0 Å². The van der Waals surface area contributed by atoms with Crippen LogP contribution in [-0.4, -0.2) is 58.2 Å². The normalized spacial score (nSPS) is 24.3. The minimum absolute atomic E-state index is 0.164. The fourth-order valence-electron chi connectivity index (χ4n) is 3.12. The summed E-state index contributed by atoms with van der Waals surface area (Å²) in [5, 5.41) is 4.27. The Hall–Kier alpha value is -1.36. The Bertz CT molecular complexity index is 448. The Morgan fingerprint density at radius 3 is 2.84 bits per heavy atom. The molecule has 1 aromatic heterocycles. The number of nitrogens with zero attached hydrogens (tertiary/aromatic N) is 4. The number of likely N-dealkylation sites (N-methyl/N-ethyl adjacent to an activating group) is 1. The zero-order chi connectivity index (χ0) is 13.2. The van der Waals surface area contributed by atoms with E-state index in [4.69, 9.17) is 0 Å². The Morgan fingerprint density at radius 2 is 2.11 bits per heavy atom. The van der Waals surface area contributed by atoms with Gasteiger partial charge in [-0.05, 0) is 19.0 Å². The van der Waals surface area contributed by atoms with Crippen molar-refractivity contribution in [2.24, 2.45) is 5.92 Å². The molecule has 2 aliphatic heterocycles. The molecule has 0 spiro atoms. The van der Waals surface area contributed by atoms with Crippen LogP contribution in [0.3, 0.4) is 0 Å². The second-order valence-electron chi connectivity index (χ2n) is 5.49. The Kier molecular flexibility index (Phi) is 3.55. The summed E-state index contributed by atoms with van der Waals surface area (Å²) in [6, 6.07) is 2.04. The number of rotatable bonds is 2. The van der Waals surface area contributed by atoms with E-state index in [1.807, 2.05) is 16.9 Å². The van der Waals surface area contributed by atoms with Crippen LogP contribution in [0.4, 0.5) is 0 Å². The maximum absolute atomic E-state index is 12.6. The van der Waals surface area contributed by atoms with Crippen molar-refractivity contribution in [1.29, 1.82) is 0 Å². The molecule has 0 aromatic carbocycles. The predicted octanol–water partition coefficient (Wildman–Crippen LogP) is 0.610. The van der Waals surface area contributed by atoms with Crippen molar-refractivity contribution in [3.05, 3.63) is 18.0 Å². The number of hydrogen-bond acceptors (Lipinski definition) is 3. The summed E-state index contributed by atoms with van der Waals surface area (Å²) in [7, 11) is 0. The summed E-state index contributed by atoms with van der Waals surface area (Å²) in [6.45, 7) is 7.97. The van der Waals surface area contributed by atoms with Crippen molar-refractivity contribution in [3.63, 3.8) is 0 Å². The highest BCUT2D eigenvalue weighted by Crippen LogP contribution is 2.22. The quantitative estimate of drug-likeness (QED) is 0.784. The molecule has 1 amide bonds. The number of carbonyl (C=O) groups is 1. The molecule has 3 heterocycles. The van der Waals surface area contributed by atoms with Crippen LogP contribution < -0.4 is 0 Å². The topological polar surface area (TPSA) is 41.4 Å². The van der Waals surface area contributed by atoms with Gasteiger partial charge in [0, 0.05) is 57.0 Å². The first-order valence-electron chi connectivity index (χ1n) is 7.29. The first kappa shape index (κ1) is 12.7. The third-order valence-corrected chi connectivity index (χ3v) is 4.43. The van der Waals surface area contributed by atoms with Crippen LogP contribution in [0.1, 0.15) is 19.0 Å². The minimum atomic E-state index is 0.164. The van der Waals surface area contributed by atoms with Gasteiger partial charge in [-0.3, -0.25) is 9.48 Å². The summed E-state index contributed by atoms with van der Waals surface area (Å²) >= 11 is 0. The highest BCUT2D eigenvalue weighted by molar-refractivity contribution is 5.79. The van der Waals surface area contributed by atoms with E-state index in [0.717, 1.165) is 52.1 Å². The largest absolute Gasteiger partial charge is 0.340 e. The maximum atomic E-state index is 12.6. The van der Waals surface area contributed by atoms with Gasteiger partial charge in [0.05, 0.1) is 0 Å². The molecule has 3 rings (SSSR count). The summed E-state index contributed by atoms with van der Waals surface area (Å²) in [6.07, 6.45) is 3.62. The highest BCUT2D eigenvalue weighted by Gasteiger charge is 2.30. The molecule has 1 unspecified atom stereocenters. The number of fused-ring (bicyclic) bond motifs is 1. The fraction of sp³-hybridized carbons (Fsp3) is 0.714. The first-order chi connectivity index (χ1) is 9.28. The molecule has 1 saturated heterocycles. The lowest BCUT2D eigenvalue weighted by Gasteiger charge is -2.36. The Labute approximate surface area is 114 Å². The zero-order valence-corrected chi connectivity index (χ0v) is 11.6. The standard InChI is InChI=1S/C14H22N4O/c1-2-16-7-9-17(10-8-16)14(19)12-4-6-18-13(11-12)3-5-15-18/h3,5,12H,2,4,6-11H2,1H3. The van der Waals surface area contributed by atoms with Gasteiger partial charge in [-0.2, -0.15) is 5.10 Å². The van der Waals surface area contributed by atoms with E-state index >= 15 is 0 Å². The van der Waals surface area contributed by atoms with Gasteiger partial charge in [-0.15, -0.1) is 0 Å². The second-order valence-corrected chi connectivity index (χ2v) is 5.49. The lowest BCUT2D eigenvalue weighted by Crippen LogP contribution is -2.50. The van der Waals surface area contributed by atoms with Crippen molar-refractivity contribution >= 4 is 5.91 Å². The van der Waals surface area contributed by atoms with Gasteiger partial charge >= 0.3 is 0 Å². The van der Waals surface area contributed by atoms with Gasteiger partial charge in [-0.1, -0.05) is 6.92 Å². The smallest absolute Gasteiger partial charge is 0.226 e. The Balaban J connectivity index is 1.60. The summed E-state index contributed by atoms with van der Waals surface area (Å²) < 4.78 is 2.03. The number of amides is 1. The van der Waals surface area contributed by atoms with Crippen LogP contribution in [0.25, 0.3) is 0 Å². The molecule has 5 nitrogen and oxygen atoms in total. The summed E-state index contributed by atoms with van der Waals surface area (Å²) in [4.78, 5) is 17.0. The predicted molar refractivity (Wildman–Crippen MR) is 72.7 cm³/mol.